The molecule has 0 unspecified atom stereocenters. The first-order valence-electron chi connectivity index (χ1n) is 22.1. The number of phenolic OH excluding ortho intramolecular Hbond substituents is 2. The van der Waals surface area contributed by atoms with Gasteiger partial charge in [0.05, 0.1) is 17.7 Å². The van der Waals surface area contributed by atoms with Crippen LogP contribution in [0.25, 0.3) is 22.1 Å². The molecule has 2 saturated heterocycles. The number of primary amides is 1. The summed E-state index contributed by atoms with van der Waals surface area (Å²) in [6, 6.07) is 19.2. The molecule has 22 heteroatoms. The molecule has 9 rings (SSSR count). The Morgan fingerprint density at radius 3 is 2.12 bits per heavy atom. The number of carboxylic acid groups (broad SMARTS) is 1. The SMILES string of the molecule is Cc1sc2c(c1C)C(c1ccc(Cl)cc1)=N[C@@H](CC(=O)N1CCC(CN3CCN(Cc4ccc(-n5c(C(N)=O)nnc5-c5ccc(O)cc5O)cc4)CC3)CC1)c1nnc(C)n1-2.O=C(O)C(F)(F)F. The first kappa shape index (κ1) is 48.8. The number of phenols is 2. The fourth-order valence-electron chi connectivity index (χ4n) is 8.87. The van der Waals surface area contributed by atoms with Crippen LogP contribution in [0.15, 0.2) is 71.7 Å². The van der Waals surface area contributed by atoms with Crippen LogP contribution in [0.3, 0.4) is 0 Å². The zero-order chi connectivity index (χ0) is 49.3. The van der Waals surface area contributed by atoms with E-state index in [2.05, 4.69) is 48.6 Å². The number of nitrogens with two attached hydrogens (primary N) is 1. The molecule has 0 spiro atoms. The van der Waals surface area contributed by atoms with E-state index in [1.165, 1.54) is 27.6 Å². The summed E-state index contributed by atoms with van der Waals surface area (Å²) in [5.41, 5.74) is 11.7. The number of carbonyl (C=O) groups excluding carboxylic acids is 2. The molecule has 3 aromatic carbocycles. The van der Waals surface area contributed by atoms with Crippen LogP contribution >= 0.6 is 22.9 Å². The van der Waals surface area contributed by atoms with Gasteiger partial charge in [-0.3, -0.25) is 28.6 Å². The molecular formula is C47H49ClF3N11O6S. The van der Waals surface area contributed by atoms with E-state index < -0.39 is 24.1 Å². The zero-order valence-electron chi connectivity index (χ0n) is 37.8. The molecular weight excluding hydrogens is 939 g/mol. The maximum Gasteiger partial charge on any atom is 0.490 e. The minimum atomic E-state index is -5.08. The number of piperidine rings is 1. The van der Waals surface area contributed by atoms with Gasteiger partial charge in [-0.05, 0) is 87.1 Å². The zero-order valence-corrected chi connectivity index (χ0v) is 39.4. The van der Waals surface area contributed by atoms with Crippen molar-refractivity contribution in [3.05, 3.63) is 116 Å². The second-order valence-corrected chi connectivity index (χ2v) is 18.9. The monoisotopic (exact) mass is 987 g/mol. The van der Waals surface area contributed by atoms with E-state index in [0.29, 0.717) is 28.0 Å². The molecule has 6 aromatic rings. The van der Waals surface area contributed by atoms with Gasteiger partial charge in [0.1, 0.15) is 28.4 Å². The van der Waals surface area contributed by atoms with Crippen molar-refractivity contribution in [1.29, 1.82) is 0 Å². The molecule has 362 valence electrons. The molecule has 6 heterocycles. The number of aliphatic carboxylic acids is 1. The first-order chi connectivity index (χ1) is 32.9. The predicted molar refractivity (Wildman–Crippen MR) is 251 cm³/mol. The second kappa shape index (κ2) is 20.1. The highest BCUT2D eigenvalue weighted by Gasteiger charge is 2.38. The summed E-state index contributed by atoms with van der Waals surface area (Å²) in [4.78, 5) is 48.7. The van der Waals surface area contributed by atoms with Crippen molar-refractivity contribution in [1.82, 2.24) is 44.2 Å². The number of aromatic hydroxyl groups is 2. The van der Waals surface area contributed by atoms with Gasteiger partial charge in [0.25, 0.3) is 5.91 Å². The van der Waals surface area contributed by atoms with Gasteiger partial charge >= 0.3 is 12.1 Å². The van der Waals surface area contributed by atoms with Gasteiger partial charge in [0, 0.05) is 85.1 Å². The molecule has 2 amide bonds. The summed E-state index contributed by atoms with van der Waals surface area (Å²) < 4.78 is 35.3. The molecule has 69 heavy (non-hydrogen) atoms. The number of thiophene rings is 1. The average molecular weight is 988 g/mol. The Labute approximate surface area is 403 Å². The summed E-state index contributed by atoms with van der Waals surface area (Å²) in [6.45, 7) is 13.3. The minimum Gasteiger partial charge on any atom is -0.508 e. The number of carboxylic acids is 1. The van der Waals surface area contributed by atoms with Crippen LogP contribution in [-0.2, 0) is 16.1 Å². The summed E-state index contributed by atoms with van der Waals surface area (Å²) in [6.07, 6.45) is -2.94. The highest BCUT2D eigenvalue weighted by Crippen LogP contribution is 2.40. The summed E-state index contributed by atoms with van der Waals surface area (Å²) >= 11 is 7.99. The van der Waals surface area contributed by atoms with E-state index in [9.17, 15) is 33.0 Å². The van der Waals surface area contributed by atoms with Crippen molar-refractivity contribution in [2.24, 2.45) is 16.6 Å². The van der Waals surface area contributed by atoms with E-state index in [1.807, 2.05) is 60.4 Å². The van der Waals surface area contributed by atoms with Crippen LogP contribution in [-0.4, -0.2) is 135 Å². The number of amides is 2. The lowest BCUT2D eigenvalue weighted by atomic mass is 9.95. The van der Waals surface area contributed by atoms with Gasteiger partial charge in [0.15, 0.2) is 11.6 Å². The molecule has 3 aliphatic heterocycles. The Kier molecular flexibility index (Phi) is 14.2. The fourth-order valence-corrected chi connectivity index (χ4v) is 10.2. The Balaban J connectivity index is 0.000000853. The van der Waals surface area contributed by atoms with Crippen LogP contribution in [0.1, 0.15) is 74.7 Å². The molecule has 17 nitrogen and oxygen atoms in total. The third-order valence-electron chi connectivity index (χ3n) is 12.6. The van der Waals surface area contributed by atoms with Crippen LogP contribution in [0.5, 0.6) is 11.5 Å². The topological polar surface area (TPSA) is 221 Å². The van der Waals surface area contributed by atoms with Crippen LogP contribution in [0.4, 0.5) is 13.2 Å². The number of piperazine rings is 1. The Hall–Kier alpha value is -6.68. The largest absolute Gasteiger partial charge is 0.508 e. The number of rotatable bonds is 10. The van der Waals surface area contributed by atoms with Gasteiger partial charge in [0.2, 0.25) is 11.7 Å². The number of hydrogen-bond acceptors (Lipinski definition) is 13. The highest BCUT2D eigenvalue weighted by molar-refractivity contribution is 7.15. The number of halogens is 4. The fraction of sp³-hybridized carbons (Fsp3) is 0.362. The Morgan fingerprint density at radius 2 is 1.49 bits per heavy atom. The van der Waals surface area contributed by atoms with E-state index in [0.717, 1.165) is 104 Å². The number of hydrogen-bond donors (Lipinski definition) is 4. The average Bonchev–Trinajstić information content (AvgIpc) is 3.98. The van der Waals surface area contributed by atoms with Crippen LogP contribution < -0.4 is 5.73 Å². The van der Waals surface area contributed by atoms with Crippen molar-refractivity contribution in [3.63, 3.8) is 0 Å². The number of nitrogens with zero attached hydrogens (tertiary/aromatic N) is 10. The van der Waals surface area contributed by atoms with Gasteiger partial charge in [-0.2, -0.15) is 13.2 Å². The molecule has 0 bridgehead atoms. The predicted octanol–water partition coefficient (Wildman–Crippen LogP) is 6.64. The summed E-state index contributed by atoms with van der Waals surface area (Å²) in [5, 5.41) is 46.3. The van der Waals surface area contributed by atoms with E-state index >= 15 is 0 Å². The maximum absolute atomic E-state index is 14.0. The number of likely N-dealkylation sites (tertiary alicyclic amines) is 1. The lowest BCUT2D eigenvalue weighted by Gasteiger charge is -2.39. The Bertz CT molecular complexity index is 2900. The van der Waals surface area contributed by atoms with E-state index in [1.54, 1.807) is 11.3 Å². The summed E-state index contributed by atoms with van der Waals surface area (Å²) in [7, 11) is 0. The number of aliphatic imine (C=N–C) groups is 1. The minimum absolute atomic E-state index is 0.0633. The number of carbonyl (C=O) groups is 3. The van der Waals surface area contributed by atoms with E-state index in [4.69, 9.17) is 32.2 Å². The number of benzene rings is 3. The van der Waals surface area contributed by atoms with E-state index in [-0.39, 0.29) is 35.5 Å². The smallest absolute Gasteiger partial charge is 0.490 e. The van der Waals surface area contributed by atoms with Crippen molar-refractivity contribution in [3.8, 4) is 33.6 Å². The lowest BCUT2D eigenvalue weighted by molar-refractivity contribution is -0.192. The molecule has 3 aromatic heterocycles. The molecule has 0 radical (unpaired) electrons. The van der Waals surface area contributed by atoms with Crippen molar-refractivity contribution in [2.45, 2.75) is 58.8 Å². The molecule has 0 aliphatic carbocycles. The van der Waals surface area contributed by atoms with Gasteiger partial charge in [-0.1, -0.05) is 35.9 Å². The van der Waals surface area contributed by atoms with Gasteiger partial charge in [-0.25, -0.2) is 4.79 Å². The second-order valence-electron chi connectivity index (χ2n) is 17.2. The van der Waals surface area contributed by atoms with Gasteiger partial charge in [-0.15, -0.1) is 31.7 Å². The maximum atomic E-state index is 14.0. The highest BCUT2D eigenvalue weighted by atomic mass is 35.5. The number of fused-ring (bicyclic) bond motifs is 3. The summed E-state index contributed by atoms with van der Waals surface area (Å²) in [5.74, 6) is -1.55. The Morgan fingerprint density at radius 1 is 0.841 bits per heavy atom. The van der Waals surface area contributed by atoms with Crippen molar-refractivity contribution in [2.75, 3.05) is 45.8 Å². The number of aryl methyl sites for hydroxylation is 2. The standard InChI is InChI=1S/C45H48ClN11O4S.C2HF3O2/c1-26-27(2)62-45-39(26)40(31-6-8-32(46)9-7-31)48-36(43-51-49-28(3)56(43)45)23-38(60)55-16-14-30(15-17-55)25-54-20-18-53(19-21-54)24-29-4-10-33(11-5-29)57-42(50-52-44(57)41(47)61)35-13-12-34(58)22-37(35)59;3-2(4,5)1(6)7/h4-13,22,30,36,58-59H,14-21,23-25H2,1-3H3,(H2,47,61);(H,6,7)/t36-;/m0./s1. The van der Waals surface area contributed by atoms with Crippen molar-refractivity contribution < 1.29 is 42.9 Å². The third-order valence-corrected chi connectivity index (χ3v) is 14.1. The molecule has 1 atom stereocenters. The quantitative estimate of drug-likeness (QED) is 0.114. The van der Waals surface area contributed by atoms with Crippen LogP contribution in [0, 0.1) is 26.7 Å². The molecule has 0 saturated carbocycles. The molecule has 5 N–H and O–H groups in total. The van der Waals surface area contributed by atoms with Gasteiger partial charge < -0.3 is 30.9 Å². The molecule has 3 aliphatic rings. The number of alkyl halides is 3. The third kappa shape index (κ3) is 10.7. The normalized spacial score (nSPS) is 16.8. The molecule has 2 fully saturated rings. The van der Waals surface area contributed by atoms with Crippen LogP contribution in [0.2, 0.25) is 5.02 Å². The first-order valence-corrected chi connectivity index (χ1v) is 23.3. The lowest BCUT2D eigenvalue weighted by Crippen LogP contribution is -2.48. The van der Waals surface area contributed by atoms with Crippen molar-refractivity contribution >= 4 is 46.4 Å². The number of aromatic nitrogens is 6.